The highest BCUT2D eigenvalue weighted by Gasteiger charge is 2.19. The molecule has 0 saturated carbocycles. The predicted molar refractivity (Wildman–Crippen MR) is 60.4 cm³/mol. The smallest absolute Gasteiger partial charge is 0.250 e. The van der Waals surface area contributed by atoms with E-state index < -0.39 is 11.3 Å². The van der Waals surface area contributed by atoms with E-state index in [0.717, 1.165) is 0 Å². The van der Waals surface area contributed by atoms with Crippen molar-refractivity contribution in [3.05, 3.63) is 29.3 Å². The van der Waals surface area contributed by atoms with Gasteiger partial charge >= 0.3 is 0 Å². The number of alkyl halides is 1. The van der Waals surface area contributed by atoms with Crippen molar-refractivity contribution >= 4 is 40.6 Å². The Kier molecular flexibility index (Phi) is 4.12. The third-order valence-corrected chi connectivity index (χ3v) is 2.46. The lowest BCUT2D eigenvalue weighted by atomic mass is 10.2. The van der Waals surface area contributed by atoms with Crippen LogP contribution in [0.1, 0.15) is 6.92 Å². The van der Waals surface area contributed by atoms with E-state index in [-0.39, 0.29) is 5.78 Å². The van der Waals surface area contributed by atoms with Crippen molar-refractivity contribution in [3.63, 3.8) is 0 Å². The summed E-state index contributed by atoms with van der Waals surface area (Å²) in [6.45, 7) is 1.26. The van der Waals surface area contributed by atoms with Gasteiger partial charge in [-0.1, -0.05) is 11.6 Å². The van der Waals surface area contributed by atoms with Crippen molar-refractivity contribution in [2.45, 2.75) is 12.3 Å². The number of amides is 1. The van der Waals surface area contributed by atoms with Crippen LogP contribution in [0.3, 0.4) is 0 Å². The summed E-state index contributed by atoms with van der Waals surface area (Å²) in [4.78, 5) is 22.2. The molecule has 80 valence electrons. The number of halogens is 2. The Balaban J connectivity index is 2.66. The molecule has 15 heavy (non-hydrogen) atoms. The fraction of sp³-hybridized carbons (Fsp3) is 0.200. The van der Waals surface area contributed by atoms with E-state index in [0.29, 0.717) is 10.7 Å². The Bertz CT molecular complexity index is 376. The number of ketones is 1. The van der Waals surface area contributed by atoms with Gasteiger partial charge in [-0.15, -0.1) is 11.6 Å². The van der Waals surface area contributed by atoms with Crippen molar-refractivity contribution < 1.29 is 9.59 Å². The molecule has 1 atom stereocenters. The number of benzene rings is 1. The molecule has 1 aromatic carbocycles. The van der Waals surface area contributed by atoms with Crippen LogP contribution < -0.4 is 5.32 Å². The maximum Gasteiger partial charge on any atom is 0.250 e. The Morgan fingerprint density at radius 1 is 1.27 bits per heavy atom. The lowest BCUT2D eigenvalue weighted by Gasteiger charge is -2.07. The number of hydrogen-bond donors (Lipinski definition) is 1. The summed E-state index contributed by atoms with van der Waals surface area (Å²) in [5, 5.41) is 1.92. The minimum atomic E-state index is -1.15. The van der Waals surface area contributed by atoms with Gasteiger partial charge in [-0.05, 0) is 31.2 Å². The summed E-state index contributed by atoms with van der Waals surface area (Å²) in [6.07, 6.45) is 0. The molecule has 1 aromatic rings. The summed E-state index contributed by atoms with van der Waals surface area (Å²) in [6, 6.07) is 6.52. The van der Waals surface area contributed by atoms with Crippen LogP contribution in [0.2, 0.25) is 5.02 Å². The molecular weight excluding hydrogens is 237 g/mol. The second-order valence-corrected chi connectivity index (χ2v) is 3.84. The Hall–Kier alpha value is -1.06. The fourth-order valence-electron chi connectivity index (χ4n) is 0.923. The third kappa shape index (κ3) is 3.53. The van der Waals surface area contributed by atoms with Crippen LogP contribution in [0, 0.1) is 0 Å². The van der Waals surface area contributed by atoms with Gasteiger partial charge < -0.3 is 5.32 Å². The van der Waals surface area contributed by atoms with Gasteiger partial charge in [-0.25, -0.2) is 0 Å². The number of carbonyl (C=O) groups excluding carboxylic acids is 2. The van der Waals surface area contributed by atoms with Gasteiger partial charge in [0.15, 0.2) is 11.2 Å². The second kappa shape index (κ2) is 5.14. The number of hydrogen-bond acceptors (Lipinski definition) is 2. The van der Waals surface area contributed by atoms with E-state index in [1.54, 1.807) is 24.3 Å². The van der Waals surface area contributed by atoms with Crippen molar-refractivity contribution in [2.75, 3.05) is 5.32 Å². The zero-order valence-corrected chi connectivity index (χ0v) is 9.47. The minimum Gasteiger partial charge on any atom is -0.324 e. The number of anilines is 1. The van der Waals surface area contributed by atoms with Crippen LogP contribution >= 0.6 is 23.2 Å². The van der Waals surface area contributed by atoms with Crippen molar-refractivity contribution in [1.82, 2.24) is 0 Å². The topological polar surface area (TPSA) is 46.2 Å². The van der Waals surface area contributed by atoms with E-state index >= 15 is 0 Å². The van der Waals surface area contributed by atoms with Crippen LogP contribution in [0.15, 0.2) is 24.3 Å². The molecule has 0 heterocycles. The monoisotopic (exact) mass is 245 g/mol. The summed E-state index contributed by atoms with van der Waals surface area (Å²) >= 11 is 11.2. The van der Waals surface area contributed by atoms with Gasteiger partial charge in [0.1, 0.15) is 0 Å². The SMILES string of the molecule is CC(=O)C(Cl)C(=O)Nc1ccc(Cl)cc1. The van der Waals surface area contributed by atoms with Crippen molar-refractivity contribution in [2.24, 2.45) is 0 Å². The van der Waals surface area contributed by atoms with Crippen LogP contribution in [0.4, 0.5) is 5.69 Å². The van der Waals surface area contributed by atoms with Crippen LogP contribution in [-0.2, 0) is 9.59 Å². The molecule has 0 aliphatic rings. The Labute approximate surface area is 97.4 Å². The molecule has 1 N–H and O–H groups in total. The summed E-state index contributed by atoms with van der Waals surface area (Å²) in [7, 11) is 0. The first kappa shape index (κ1) is 12.0. The molecule has 1 rings (SSSR count). The normalized spacial score (nSPS) is 11.9. The van der Waals surface area contributed by atoms with Gasteiger partial charge in [0.2, 0.25) is 5.91 Å². The first-order valence-corrected chi connectivity index (χ1v) is 5.03. The molecular formula is C10H9Cl2NO2. The predicted octanol–water partition coefficient (Wildman–Crippen LogP) is 2.47. The van der Waals surface area contributed by atoms with Gasteiger partial charge in [-0.2, -0.15) is 0 Å². The van der Waals surface area contributed by atoms with E-state index in [1.165, 1.54) is 6.92 Å². The van der Waals surface area contributed by atoms with Gasteiger partial charge in [-0.3, -0.25) is 9.59 Å². The van der Waals surface area contributed by atoms with E-state index in [9.17, 15) is 9.59 Å². The molecule has 1 amide bonds. The molecule has 3 nitrogen and oxygen atoms in total. The summed E-state index contributed by atoms with van der Waals surface area (Å²) in [5.41, 5.74) is 0.552. The zero-order chi connectivity index (χ0) is 11.4. The second-order valence-electron chi connectivity index (χ2n) is 2.97. The highest BCUT2D eigenvalue weighted by Crippen LogP contribution is 2.14. The molecule has 0 aromatic heterocycles. The standard InChI is InChI=1S/C10H9Cl2NO2/c1-6(14)9(12)10(15)13-8-4-2-7(11)3-5-8/h2-5,9H,1H3,(H,13,15). The number of rotatable bonds is 3. The highest BCUT2D eigenvalue weighted by molar-refractivity contribution is 6.43. The Morgan fingerprint density at radius 2 is 1.80 bits per heavy atom. The maximum absolute atomic E-state index is 11.3. The van der Waals surface area contributed by atoms with Crippen LogP contribution in [0.5, 0.6) is 0 Å². The van der Waals surface area contributed by atoms with Gasteiger partial charge in [0, 0.05) is 10.7 Å². The maximum atomic E-state index is 11.3. The molecule has 0 saturated heterocycles. The molecule has 0 radical (unpaired) electrons. The molecule has 5 heteroatoms. The number of Topliss-reactive ketones (excluding diaryl/α,β-unsaturated/α-hetero) is 1. The summed E-state index contributed by atoms with van der Waals surface area (Å²) in [5.74, 6) is -0.922. The lowest BCUT2D eigenvalue weighted by Crippen LogP contribution is -2.28. The fourth-order valence-corrected chi connectivity index (χ4v) is 1.10. The molecule has 0 spiro atoms. The average Bonchev–Trinajstić information content (AvgIpc) is 2.20. The first-order valence-electron chi connectivity index (χ1n) is 4.21. The highest BCUT2D eigenvalue weighted by atomic mass is 35.5. The van der Waals surface area contributed by atoms with E-state index in [1.807, 2.05) is 0 Å². The molecule has 0 aliphatic heterocycles. The average molecular weight is 246 g/mol. The van der Waals surface area contributed by atoms with E-state index in [4.69, 9.17) is 23.2 Å². The van der Waals surface area contributed by atoms with E-state index in [2.05, 4.69) is 5.32 Å². The molecule has 0 aliphatic carbocycles. The zero-order valence-electron chi connectivity index (χ0n) is 7.96. The van der Waals surface area contributed by atoms with Crippen molar-refractivity contribution in [3.8, 4) is 0 Å². The lowest BCUT2D eigenvalue weighted by molar-refractivity contribution is -0.123. The van der Waals surface area contributed by atoms with Crippen molar-refractivity contribution in [1.29, 1.82) is 0 Å². The van der Waals surface area contributed by atoms with Gasteiger partial charge in [0.25, 0.3) is 0 Å². The quantitative estimate of drug-likeness (QED) is 0.657. The summed E-state index contributed by atoms with van der Waals surface area (Å²) < 4.78 is 0. The number of carbonyl (C=O) groups is 2. The minimum absolute atomic E-state index is 0.386. The Morgan fingerprint density at radius 3 is 2.27 bits per heavy atom. The largest absolute Gasteiger partial charge is 0.324 e. The molecule has 0 fully saturated rings. The van der Waals surface area contributed by atoms with Gasteiger partial charge in [0.05, 0.1) is 0 Å². The van der Waals surface area contributed by atoms with Crippen LogP contribution in [-0.4, -0.2) is 17.1 Å². The third-order valence-electron chi connectivity index (χ3n) is 1.70. The molecule has 0 bridgehead atoms. The number of nitrogens with one attached hydrogen (secondary N) is 1. The van der Waals surface area contributed by atoms with Crippen LogP contribution in [0.25, 0.3) is 0 Å². The molecule has 1 unspecified atom stereocenters. The first-order chi connectivity index (χ1) is 7.00.